The lowest BCUT2D eigenvalue weighted by Gasteiger charge is -2.33. The van der Waals surface area contributed by atoms with Crippen LogP contribution < -0.4 is 11.1 Å². The summed E-state index contributed by atoms with van der Waals surface area (Å²) in [4.78, 5) is 26.2. The van der Waals surface area contributed by atoms with Crippen molar-refractivity contribution in [3.05, 3.63) is 0 Å². The van der Waals surface area contributed by atoms with Crippen LogP contribution in [0.1, 0.15) is 32.6 Å². The number of likely N-dealkylation sites (tertiary alicyclic amines) is 1. The van der Waals surface area contributed by atoms with E-state index in [1.165, 1.54) is 12.8 Å². The second kappa shape index (κ2) is 6.37. The number of nitrogens with zero attached hydrogens (tertiary/aromatic N) is 1. The second-order valence-electron chi connectivity index (χ2n) is 5.83. The number of hydrogen-bond donors (Lipinski definition) is 2. The Labute approximate surface area is 114 Å². The molecule has 1 aliphatic heterocycles. The highest BCUT2D eigenvalue weighted by atomic mass is 16.2. The second-order valence-corrected chi connectivity index (χ2v) is 5.83. The summed E-state index contributed by atoms with van der Waals surface area (Å²) >= 11 is 0. The van der Waals surface area contributed by atoms with Gasteiger partial charge < -0.3 is 16.0 Å². The number of hydrogen-bond acceptors (Lipinski definition) is 3. The summed E-state index contributed by atoms with van der Waals surface area (Å²) < 4.78 is 0. The van der Waals surface area contributed by atoms with E-state index in [1.807, 2.05) is 11.8 Å². The lowest BCUT2D eigenvalue weighted by molar-refractivity contribution is -0.139. The fourth-order valence-corrected chi connectivity index (χ4v) is 2.82. The van der Waals surface area contributed by atoms with Gasteiger partial charge in [-0.25, -0.2) is 0 Å². The molecule has 2 aliphatic rings. The Balaban J connectivity index is 1.85. The van der Waals surface area contributed by atoms with Crippen LogP contribution in [0.25, 0.3) is 0 Å². The molecule has 1 saturated heterocycles. The number of nitrogens with two attached hydrogens (primary N) is 1. The largest absolute Gasteiger partial charge is 0.355 e. The molecule has 0 radical (unpaired) electrons. The molecule has 19 heavy (non-hydrogen) atoms. The highest BCUT2D eigenvalue weighted by Gasteiger charge is 2.37. The SMILES string of the molecule is CC(C(=O)N1CCCC(C(=O)NCCN)C1)C1CC1. The molecule has 5 heteroatoms. The van der Waals surface area contributed by atoms with Gasteiger partial charge in [-0.1, -0.05) is 6.92 Å². The normalized spacial score (nSPS) is 24.9. The Morgan fingerprint density at radius 1 is 1.37 bits per heavy atom. The zero-order valence-electron chi connectivity index (χ0n) is 11.7. The van der Waals surface area contributed by atoms with Gasteiger partial charge in [0, 0.05) is 32.1 Å². The summed E-state index contributed by atoms with van der Waals surface area (Å²) in [6.45, 7) is 4.38. The van der Waals surface area contributed by atoms with E-state index in [0.29, 0.717) is 25.6 Å². The van der Waals surface area contributed by atoms with E-state index in [0.717, 1.165) is 19.4 Å². The molecule has 0 aromatic rings. The zero-order valence-corrected chi connectivity index (χ0v) is 11.7. The molecule has 3 N–H and O–H groups in total. The lowest BCUT2D eigenvalue weighted by Crippen LogP contribution is -2.47. The van der Waals surface area contributed by atoms with Crippen LogP contribution in [0.5, 0.6) is 0 Å². The molecular formula is C14H25N3O2. The Kier molecular flexibility index (Phi) is 4.80. The lowest BCUT2D eigenvalue weighted by atomic mass is 9.95. The van der Waals surface area contributed by atoms with E-state index in [9.17, 15) is 9.59 Å². The van der Waals surface area contributed by atoms with Crippen LogP contribution in [0.15, 0.2) is 0 Å². The van der Waals surface area contributed by atoms with Crippen LogP contribution in [0, 0.1) is 17.8 Å². The maximum Gasteiger partial charge on any atom is 0.225 e. The van der Waals surface area contributed by atoms with Gasteiger partial charge in [0.25, 0.3) is 0 Å². The number of nitrogens with one attached hydrogen (secondary N) is 1. The monoisotopic (exact) mass is 267 g/mol. The van der Waals surface area contributed by atoms with Crippen LogP contribution in [-0.4, -0.2) is 42.9 Å². The first-order chi connectivity index (χ1) is 9.13. The van der Waals surface area contributed by atoms with Gasteiger partial charge >= 0.3 is 0 Å². The quantitative estimate of drug-likeness (QED) is 0.754. The number of amides is 2. The predicted octanol–water partition coefficient (Wildman–Crippen LogP) is 0.346. The van der Waals surface area contributed by atoms with Crippen LogP contribution in [-0.2, 0) is 9.59 Å². The summed E-state index contributed by atoms with van der Waals surface area (Å²) in [5.41, 5.74) is 5.38. The van der Waals surface area contributed by atoms with Crippen LogP contribution in [0.2, 0.25) is 0 Å². The third-order valence-electron chi connectivity index (χ3n) is 4.27. The van der Waals surface area contributed by atoms with Crippen molar-refractivity contribution in [2.45, 2.75) is 32.6 Å². The Bertz CT molecular complexity index is 342. The van der Waals surface area contributed by atoms with Crippen molar-refractivity contribution in [2.75, 3.05) is 26.2 Å². The molecule has 0 bridgehead atoms. The van der Waals surface area contributed by atoms with Crippen molar-refractivity contribution in [1.82, 2.24) is 10.2 Å². The highest BCUT2D eigenvalue weighted by molar-refractivity contribution is 5.82. The molecule has 0 aromatic carbocycles. The van der Waals surface area contributed by atoms with Gasteiger partial charge in [0.05, 0.1) is 5.92 Å². The summed E-state index contributed by atoms with van der Waals surface area (Å²) in [6, 6.07) is 0. The van der Waals surface area contributed by atoms with E-state index in [2.05, 4.69) is 5.32 Å². The number of carbonyl (C=O) groups is 2. The number of carbonyl (C=O) groups excluding carboxylic acids is 2. The molecular weight excluding hydrogens is 242 g/mol. The molecule has 2 amide bonds. The Morgan fingerprint density at radius 2 is 2.11 bits per heavy atom. The number of piperidine rings is 1. The topological polar surface area (TPSA) is 75.4 Å². The summed E-state index contributed by atoms with van der Waals surface area (Å²) in [7, 11) is 0. The Morgan fingerprint density at radius 3 is 2.74 bits per heavy atom. The van der Waals surface area contributed by atoms with Gasteiger partial charge in [0.15, 0.2) is 0 Å². The van der Waals surface area contributed by atoms with Crippen LogP contribution in [0.3, 0.4) is 0 Å². The molecule has 2 fully saturated rings. The van der Waals surface area contributed by atoms with Crippen LogP contribution >= 0.6 is 0 Å². The van der Waals surface area contributed by atoms with E-state index in [4.69, 9.17) is 5.73 Å². The molecule has 5 nitrogen and oxygen atoms in total. The molecule has 1 heterocycles. The molecule has 0 spiro atoms. The standard InChI is InChI=1S/C14H25N3O2/c1-10(11-4-5-11)14(19)17-8-2-3-12(9-17)13(18)16-7-6-15/h10-12H,2-9,15H2,1H3,(H,16,18). The zero-order chi connectivity index (χ0) is 13.8. The first kappa shape index (κ1) is 14.3. The van der Waals surface area contributed by atoms with Crippen molar-refractivity contribution in [2.24, 2.45) is 23.5 Å². The fraction of sp³-hybridized carbons (Fsp3) is 0.857. The van der Waals surface area contributed by atoms with Gasteiger partial charge in [-0.3, -0.25) is 9.59 Å². The maximum atomic E-state index is 12.3. The molecule has 2 unspecified atom stereocenters. The predicted molar refractivity (Wildman–Crippen MR) is 73.3 cm³/mol. The fourth-order valence-electron chi connectivity index (χ4n) is 2.82. The minimum absolute atomic E-state index is 0.0435. The van der Waals surface area contributed by atoms with Crippen molar-refractivity contribution >= 4 is 11.8 Å². The summed E-state index contributed by atoms with van der Waals surface area (Å²) in [5.74, 6) is 0.932. The van der Waals surface area contributed by atoms with Gasteiger partial charge in [-0.15, -0.1) is 0 Å². The number of rotatable bonds is 5. The van der Waals surface area contributed by atoms with Crippen molar-refractivity contribution < 1.29 is 9.59 Å². The van der Waals surface area contributed by atoms with Crippen molar-refractivity contribution in [1.29, 1.82) is 0 Å². The average molecular weight is 267 g/mol. The smallest absolute Gasteiger partial charge is 0.225 e. The molecule has 2 rings (SSSR count). The first-order valence-electron chi connectivity index (χ1n) is 7.40. The minimum atomic E-state index is -0.0596. The van der Waals surface area contributed by atoms with Gasteiger partial charge in [-0.2, -0.15) is 0 Å². The van der Waals surface area contributed by atoms with E-state index >= 15 is 0 Å². The van der Waals surface area contributed by atoms with E-state index in [1.54, 1.807) is 0 Å². The minimum Gasteiger partial charge on any atom is -0.355 e. The third-order valence-corrected chi connectivity index (χ3v) is 4.27. The molecule has 108 valence electrons. The molecule has 1 saturated carbocycles. The molecule has 1 aliphatic carbocycles. The molecule has 0 aromatic heterocycles. The van der Waals surface area contributed by atoms with Crippen molar-refractivity contribution in [3.63, 3.8) is 0 Å². The van der Waals surface area contributed by atoms with E-state index < -0.39 is 0 Å². The van der Waals surface area contributed by atoms with Gasteiger partial charge in [-0.05, 0) is 31.6 Å². The molecule has 2 atom stereocenters. The third kappa shape index (κ3) is 3.69. The summed E-state index contributed by atoms with van der Waals surface area (Å²) in [5, 5.41) is 2.82. The van der Waals surface area contributed by atoms with Crippen molar-refractivity contribution in [3.8, 4) is 0 Å². The van der Waals surface area contributed by atoms with Crippen LogP contribution in [0.4, 0.5) is 0 Å². The first-order valence-corrected chi connectivity index (χ1v) is 7.40. The highest BCUT2D eigenvalue weighted by Crippen LogP contribution is 2.37. The Hall–Kier alpha value is -1.10. The maximum absolute atomic E-state index is 12.3. The van der Waals surface area contributed by atoms with E-state index in [-0.39, 0.29) is 23.7 Å². The van der Waals surface area contributed by atoms with Gasteiger partial charge in [0.2, 0.25) is 11.8 Å². The summed E-state index contributed by atoms with van der Waals surface area (Å²) in [6.07, 6.45) is 4.16. The van der Waals surface area contributed by atoms with Gasteiger partial charge in [0.1, 0.15) is 0 Å². The average Bonchev–Trinajstić information content (AvgIpc) is 3.27.